The second-order valence-electron chi connectivity index (χ2n) is 12.1. The molecule has 7 heteroatoms. The maximum Gasteiger partial charge on any atom is 0.417 e. The minimum Gasteiger partial charge on any atom is -0.489 e. The number of alkyl halides is 3. The van der Waals surface area contributed by atoms with Crippen molar-refractivity contribution in [3.8, 4) is 5.75 Å². The van der Waals surface area contributed by atoms with E-state index in [1.165, 1.54) is 0 Å². The minimum absolute atomic E-state index is 0.0656. The van der Waals surface area contributed by atoms with Gasteiger partial charge in [-0.25, -0.2) is 4.85 Å². The van der Waals surface area contributed by atoms with Crippen LogP contribution in [-0.4, -0.2) is 21.9 Å². The lowest BCUT2D eigenvalue weighted by Crippen LogP contribution is -2.51. The van der Waals surface area contributed by atoms with Gasteiger partial charge in [0.25, 0.3) is 0 Å². The monoisotopic (exact) mass is 548 g/mol. The van der Waals surface area contributed by atoms with Crippen LogP contribution in [0.25, 0.3) is 15.7 Å². The molecule has 0 radical (unpaired) electrons. The highest BCUT2D eigenvalue weighted by atomic mass is 19.4. The lowest BCUT2D eigenvalue weighted by atomic mass is 9.71. The molecule has 40 heavy (non-hydrogen) atoms. The second kappa shape index (κ2) is 10.7. The molecular formula is C33H35F3N2O2. The number of H-pyrrole nitrogens is 1. The van der Waals surface area contributed by atoms with Crippen molar-refractivity contribution in [1.82, 2.24) is 4.98 Å². The molecule has 4 aromatic rings. The average Bonchev–Trinajstić information content (AvgIpc) is 3.23. The van der Waals surface area contributed by atoms with Crippen LogP contribution >= 0.6 is 0 Å². The van der Waals surface area contributed by atoms with E-state index in [0.717, 1.165) is 11.1 Å². The van der Waals surface area contributed by atoms with Crippen LogP contribution in [0.2, 0.25) is 0 Å². The van der Waals surface area contributed by atoms with Crippen molar-refractivity contribution >= 4 is 16.6 Å². The molecule has 0 bridgehead atoms. The Balaban J connectivity index is 1.75. The van der Waals surface area contributed by atoms with Crippen LogP contribution in [0.1, 0.15) is 63.4 Å². The quantitative estimate of drug-likeness (QED) is 0.216. The Bertz CT molecular complexity index is 1530. The molecule has 1 atom stereocenters. The van der Waals surface area contributed by atoms with Gasteiger partial charge in [-0.2, -0.15) is 13.2 Å². The predicted octanol–water partition coefficient (Wildman–Crippen LogP) is 8.80. The van der Waals surface area contributed by atoms with Crippen molar-refractivity contribution < 1.29 is 23.0 Å². The fraction of sp³-hybridized carbons (Fsp3) is 0.364. The molecule has 3 aromatic carbocycles. The number of benzene rings is 3. The predicted molar refractivity (Wildman–Crippen MR) is 153 cm³/mol. The van der Waals surface area contributed by atoms with Crippen LogP contribution in [0.4, 0.5) is 18.9 Å². The SMILES string of the molecule is [C-]#[N+]c1c(CC(O)(CC(C)(C)c2cc(C(C)(C)C)ccc2OCc2ccccc2)C(F)(F)F)[nH]c2ccccc12. The molecular weight excluding hydrogens is 513 g/mol. The van der Waals surface area contributed by atoms with Gasteiger partial charge in [-0.1, -0.05) is 95.3 Å². The van der Waals surface area contributed by atoms with Crippen molar-refractivity contribution in [3.05, 3.63) is 107 Å². The van der Waals surface area contributed by atoms with Gasteiger partial charge in [0.05, 0.1) is 6.57 Å². The number of rotatable bonds is 8. The van der Waals surface area contributed by atoms with Crippen molar-refractivity contribution in [2.45, 2.75) is 76.7 Å². The van der Waals surface area contributed by atoms with Crippen LogP contribution in [-0.2, 0) is 23.9 Å². The molecule has 0 aliphatic rings. The molecule has 1 aromatic heterocycles. The van der Waals surface area contributed by atoms with Gasteiger partial charge in [0.15, 0.2) is 5.60 Å². The first-order valence-electron chi connectivity index (χ1n) is 13.2. The van der Waals surface area contributed by atoms with E-state index in [0.29, 0.717) is 22.2 Å². The standard InChI is InChI=1S/C33H35F3N2O2/c1-30(2,3)23-16-17-28(40-20-22-12-8-7-9-13-22)25(18-23)31(4,5)21-32(39,33(34,35)36)19-27-29(37-6)24-14-10-11-15-26(24)38-27/h7-18,38-39H,19-21H2,1-5H3. The summed E-state index contributed by atoms with van der Waals surface area (Å²) >= 11 is 0. The van der Waals surface area contributed by atoms with Crippen LogP contribution < -0.4 is 4.74 Å². The third kappa shape index (κ3) is 6.03. The summed E-state index contributed by atoms with van der Waals surface area (Å²) in [5.74, 6) is 0.471. The Labute approximate surface area is 233 Å². The average molecular weight is 549 g/mol. The molecule has 0 saturated carbocycles. The highest BCUT2D eigenvalue weighted by Crippen LogP contribution is 2.47. The van der Waals surface area contributed by atoms with Gasteiger partial charge in [0.1, 0.15) is 12.4 Å². The minimum atomic E-state index is -4.95. The molecule has 0 aliphatic heterocycles. The Morgan fingerprint density at radius 2 is 1.55 bits per heavy atom. The summed E-state index contributed by atoms with van der Waals surface area (Å²) in [6.07, 6.45) is -6.36. The number of ether oxygens (including phenoxy) is 1. The zero-order chi connectivity index (χ0) is 29.3. The zero-order valence-electron chi connectivity index (χ0n) is 23.5. The van der Waals surface area contributed by atoms with Gasteiger partial charge >= 0.3 is 6.18 Å². The zero-order valence-corrected chi connectivity index (χ0v) is 23.5. The summed E-state index contributed by atoms with van der Waals surface area (Å²) in [6, 6.07) is 22.1. The number of aromatic amines is 1. The smallest absolute Gasteiger partial charge is 0.417 e. The van der Waals surface area contributed by atoms with E-state index >= 15 is 0 Å². The highest BCUT2D eigenvalue weighted by Gasteiger charge is 2.56. The number of fused-ring (bicyclic) bond motifs is 1. The van der Waals surface area contributed by atoms with E-state index in [-0.39, 0.29) is 23.4 Å². The van der Waals surface area contributed by atoms with Gasteiger partial charge in [0, 0.05) is 28.6 Å². The van der Waals surface area contributed by atoms with E-state index in [4.69, 9.17) is 11.3 Å². The molecule has 2 N–H and O–H groups in total. The fourth-order valence-corrected chi connectivity index (χ4v) is 5.21. The number of aliphatic hydroxyl groups is 1. The van der Waals surface area contributed by atoms with Crippen LogP contribution in [0.5, 0.6) is 5.75 Å². The second-order valence-corrected chi connectivity index (χ2v) is 12.1. The van der Waals surface area contributed by atoms with Crippen molar-refractivity contribution in [2.24, 2.45) is 0 Å². The molecule has 0 amide bonds. The molecule has 210 valence electrons. The summed E-state index contributed by atoms with van der Waals surface area (Å²) in [7, 11) is 0. The van der Waals surface area contributed by atoms with E-state index in [1.54, 1.807) is 38.1 Å². The topological polar surface area (TPSA) is 49.6 Å². The fourth-order valence-electron chi connectivity index (χ4n) is 5.21. The summed E-state index contributed by atoms with van der Waals surface area (Å²) in [4.78, 5) is 6.45. The number of hydrogen-bond acceptors (Lipinski definition) is 2. The molecule has 0 saturated heterocycles. The van der Waals surface area contributed by atoms with E-state index in [2.05, 4.69) is 9.83 Å². The summed E-state index contributed by atoms with van der Waals surface area (Å²) in [6.45, 7) is 17.4. The molecule has 1 heterocycles. The van der Waals surface area contributed by atoms with Gasteiger partial charge in [-0.15, -0.1) is 0 Å². The molecule has 0 aliphatic carbocycles. The number of nitrogens with zero attached hydrogens (tertiary/aromatic N) is 1. The van der Waals surface area contributed by atoms with Crippen LogP contribution in [0.15, 0.2) is 72.8 Å². The number of hydrogen-bond donors (Lipinski definition) is 2. The largest absolute Gasteiger partial charge is 0.489 e. The highest BCUT2D eigenvalue weighted by molar-refractivity contribution is 5.94. The Kier molecular flexibility index (Phi) is 7.79. The first-order chi connectivity index (χ1) is 18.6. The molecule has 4 rings (SSSR count). The molecule has 0 fully saturated rings. The Morgan fingerprint density at radius 3 is 2.17 bits per heavy atom. The summed E-state index contributed by atoms with van der Waals surface area (Å²) in [5.41, 5.74) is -1.33. The van der Waals surface area contributed by atoms with Gasteiger partial charge in [0.2, 0.25) is 5.69 Å². The maximum atomic E-state index is 14.7. The van der Waals surface area contributed by atoms with Crippen LogP contribution in [0.3, 0.4) is 0 Å². The summed E-state index contributed by atoms with van der Waals surface area (Å²) < 4.78 is 50.2. The first-order valence-corrected chi connectivity index (χ1v) is 13.2. The summed E-state index contributed by atoms with van der Waals surface area (Å²) in [5, 5.41) is 11.9. The van der Waals surface area contributed by atoms with E-state index in [1.807, 2.05) is 69.3 Å². The number of aromatic nitrogens is 1. The van der Waals surface area contributed by atoms with Crippen molar-refractivity contribution in [3.63, 3.8) is 0 Å². The van der Waals surface area contributed by atoms with E-state index < -0.39 is 30.0 Å². The molecule has 4 nitrogen and oxygen atoms in total. The van der Waals surface area contributed by atoms with Gasteiger partial charge in [-0.05, 0) is 40.5 Å². The molecule has 1 unspecified atom stereocenters. The number of nitrogens with one attached hydrogen (secondary N) is 1. The third-order valence-corrected chi connectivity index (χ3v) is 7.41. The number of halogens is 3. The van der Waals surface area contributed by atoms with Crippen molar-refractivity contribution in [1.29, 1.82) is 0 Å². The number of para-hydroxylation sites is 1. The van der Waals surface area contributed by atoms with Gasteiger partial charge < -0.3 is 14.8 Å². The van der Waals surface area contributed by atoms with Gasteiger partial charge in [-0.3, -0.25) is 0 Å². The van der Waals surface area contributed by atoms with Crippen LogP contribution in [0, 0.1) is 6.57 Å². The van der Waals surface area contributed by atoms with Crippen molar-refractivity contribution in [2.75, 3.05) is 0 Å². The lowest BCUT2D eigenvalue weighted by molar-refractivity contribution is -0.266. The first kappa shape index (κ1) is 29.2. The Hall–Kier alpha value is -3.76. The Morgan fingerprint density at radius 1 is 0.900 bits per heavy atom. The normalized spacial score (nSPS) is 14.1. The maximum absolute atomic E-state index is 14.7. The lowest BCUT2D eigenvalue weighted by Gasteiger charge is -2.39. The third-order valence-electron chi connectivity index (χ3n) is 7.41. The molecule has 0 spiro atoms. The van der Waals surface area contributed by atoms with E-state index in [9.17, 15) is 18.3 Å².